The first-order valence-electron chi connectivity index (χ1n) is 0.954. The van der Waals surface area contributed by atoms with Crippen molar-refractivity contribution in [1.82, 2.24) is 0 Å². The van der Waals surface area contributed by atoms with Gasteiger partial charge >= 0.3 is 41.8 Å². The number of aliphatic hydroxyl groups excluding tert-OH is 1. The average Bonchev–Trinajstić information content (AvgIpc) is 1.41. The van der Waals surface area contributed by atoms with Crippen molar-refractivity contribution in [1.29, 1.82) is 0 Å². The molecular formula is CH4Cl3OV. The predicted octanol–water partition coefficient (Wildman–Crippen LogP) is 1.67. The Balaban J connectivity index is 0. The van der Waals surface area contributed by atoms with E-state index in [1.165, 1.54) is 0 Å². The van der Waals surface area contributed by atoms with E-state index in [1.807, 2.05) is 0 Å². The van der Waals surface area contributed by atoms with Crippen molar-refractivity contribution in [2.45, 2.75) is 0 Å². The second-order valence-corrected chi connectivity index (χ2v) is 7.11. The molecule has 0 atom stereocenters. The molecule has 0 saturated carbocycles. The van der Waals surface area contributed by atoms with Crippen LogP contribution in [0.1, 0.15) is 0 Å². The molecule has 0 rings (SSSR count). The first-order valence-corrected chi connectivity index (χ1v) is 6.72. The van der Waals surface area contributed by atoms with Crippen molar-refractivity contribution in [2.75, 3.05) is 7.11 Å². The molecule has 0 aliphatic heterocycles. The van der Waals surface area contributed by atoms with E-state index in [-0.39, 0.29) is 0 Å². The fraction of sp³-hybridized carbons (Fsp3) is 1.00. The summed E-state index contributed by atoms with van der Waals surface area (Å²) in [5.74, 6) is 0. The maximum absolute atomic E-state index is 7.00. The van der Waals surface area contributed by atoms with Crippen molar-refractivity contribution >= 4 is 29.5 Å². The monoisotopic (exact) mass is 188 g/mol. The molecule has 40 valence electrons. The molecule has 1 nitrogen and oxygen atoms in total. The molecule has 6 heavy (non-hydrogen) atoms. The predicted molar refractivity (Wildman–Crippen MR) is 25.7 cm³/mol. The van der Waals surface area contributed by atoms with Crippen LogP contribution >= 0.6 is 29.5 Å². The zero-order valence-corrected chi connectivity index (χ0v) is 6.69. The van der Waals surface area contributed by atoms with Crippen molar-refractivity contribution in [3.63, 3.8) is 0 Å². The Morgan fingerprint density at radius 3 is 1.17 bits per heavy atom. The molecule has 0 bridgehead atoms. The fourth-order valence-electron chi connectivity index (χ4n) is 0. The number of aliphatic hydroxyl groups is 1. The number of halogens is 3. The quantitative estimate of drug-likeness (QED) is 0.614. The van der Waals surface area contributed by atoms with Gasteiger partial charge in [0.05, 0.1) is 0 Å². The molecule has 0 aromatic carbocycles. The van der Waals surface area contributed by atoms with Gasteiger partial charge in [-0.25, -0.2) is 0 Å². The van der Waals surface area contributed by atoms with Crippen molar-refractivity contribution in [3.05, 3.63) is 0 Å². The zero-order chi connectivity index (χ0) is 5.58. The van der Waals surface area contributed by atoms with Crippen molar-refractivity contribution in [3.8, 4) is 0 Å². The third-order valence-electron chi connectivity index (χ3n) is 0. The van der Waals surface area contributed by atoms with Gasteiger partial charge in [-0.3, -0.25) is 0 Å². The molecule has 0 unspecified atom stereocenters. The van der Waals surface area contributed by atoms with Crippen LogP contribution in [0.25, 0.3) is 0 Å². The van der Waals surface area contributed by atoms with Crippen LogP contribution in [-0.4, -0.2) is 12.2 Å². The van der Waals surface area contributed by atoms with Gasteiger partial charge in [-0.05, 0) is 0 Å². The molecular weight excluding hydrogens is 185 g/mol. The fourth-order valence-corrected chi connectivity index (χ4v) is 0. The van der Waals surface area contributed by atoms with Crippen LogP contribution in [0.3, 0.4) is 0 Å². The zero-order valence-electron chi connectivity index (χ0n) is 3.03. The van der Waals surface area contributed by atoms with Crippen LogP contribution in [0.15, 0.2) is 0 Å². The van der Waals surface area contributed by atoms with E-state index in [1.54, 1.807) is 0 Å². The molecule has 0 aliphatic rings. The minimum atomic E-state index is -1.77. The number of rotatable bonds is 0. The molecule has 0 aromatic heterocycles. The second kappa shape index (κ2) is 9.65. The van der Waals surface area contributed by atoms with E-state index < -0.39 is 12.3 Å². The Morgan fingerprint density at radius 2 is 1.17 bits per heavy atom. The summed E-state index contributed by atoms with van der Waals surface area (Å²) in [5, 5.41) is 7.00. The number of hydrogen-bond acceptors (Lipinski definition) is 1. The summed E-state index contributed by atoms with van der Waals surface area (Å²) in [6.45, 7) is 0. The summed E-state index contributed by atoms with van der Waals surface area (Å²) in [6.07, 6.45) is 0. The van der Waals surface area contributed by atoms with Crippen LogP contribution in [0.2, 0.25) is 0 Å². The van der Waals surface area contributed by atoms with Crippen molar-refractivity contribution < 1.29 is 17.4 Å². The van der Waals surface area contributed by atoms with Crippen LogP contribution in [0.4, 0.5) is 0 Å². The van der Waals surface area contributed by atoms with Crippen LogP contribution in [0, 0.1) is 0 Å². The Bertz CT molecular complexity index is 15.5. The summed E-state index contributed by atoms with van der Waals surface area (Å²) in [4.78, 5) is 0. The molecule has 0 aromatic rings. The van der Waals surface area contributed by atoms with E-state index in [2.05, 4.69) is 0 Å². The van der Waals surface area contributed by atoms with Crippen LogP contribution in [-0.2, 0) is 12.3 Å². The Kier molecular flexibility index (Phi) is 16.7. The van der Waals surface area contributed by atoms with Crippen molar-refractivity contribution in [2.24, 2.45) is 0 Å². The summed E-state index contributed by atoms with van der Waals surface area (Å²) in [6, 6.07) is 0. The Morgan fingerprint density at radius 1 is 1.17 bits per heavy atom. The summed E-state index contributed by atoms with van der Waals surface area (Å²) in [5.41, 5.74) is 0. The summed E-state index contributed by atoms with van der Waals surface area (Å²) >= 11 is -1.77. The SMILES string of the molecule is CO.[Cl][V]([Cl])[Cl]. The van der Waals surface area contributed by atoms with E-state index in [9.17, 15) is 0 Å². The van der Waals surface area contributed by atoms with Gasteiger partial charge in [0, 0.05) is 7.11 Å². The molecule has 0 radical (unpaired) electrons. The van der Waals surface area contributed by atoms with Crippen LogP contribution in [0.5, 0.6) is 0 Å². The Hall–Kier alpha value is 1.41. The topological polar surface area (TPSA) is 20.2 Å². The summed E-state index contributed by atoms with van der Waals surface area (Å²) in [7, 11) is 15.9. The third kappa shape index (κ3) is 52.7. The summed E-state index contributed by atoms with van der Waals surface area (Å²) < 4.78 is 0. The maximum atomic E-state index is 7.00. The standard InChI is InChI=1S/CH4O.3ClH.V/c1-2;;;;/h2H,1H3;3*1H;/q;;;;+3/p-3. The second-order valence-electron chi connectivity index (χ2n) is 0.192. The first-order chi connectivity index (χ1) is 2.73. The van der Waals surface area contributed by atoms with E-state index in [0.717, 1.165) is 7.11 Å². The first kappa shape index (κ1) is 10.4. The van der Waals surface area contributed by atoms with Gasteiger partial charge in [-0.2, -0.15) is 0 Å². The third-order valence-corrected chi connectivity index (χ3v) is 0. The molecule has 0 heterocycles. The normalized spacial score (nSPS) is 7.00. The van der Waals surface area contributed by atoms with E-state index in [4.69, 9.17) is 34.7 Å². The van der Waals surface area contributed by atoms with E-state index >= 15 is 0 Å². The van der Waals surface area contributed by atoms with Crippen LogP contribution < -0.4 is 0 Å². The molecule has 0 saturated heterocycles. The van der Waals surface area contributed by atoms with Gasteiger partial charge < -0.3 is 5.11 Å². The molecule has 0 amide bonds. The van der Waals surface area contributed by atoms with Gasteiger partial charge in [0.1, 0.15) is 0 Å². The van der Waals surface area contributed by atoms with Gasteiger partial charge in [-0.1, -0.05) is 0 Å². The van der Waals surface area contributed by atoms with Gasteiger partial charge in [0.2, 0.25) is 0 Å². The van der Waals surface area contributed by atoms with E-state index in [0.29, 0.717) is 0 Å². The molecule has 0 spiro atoms. The van der Waals surface area contributed by atoms with Gasteiger partial charge in [0.25, 0.3) is 0 Å². The molecule has 0 fully saturated rings. The molecule has 1 N–H and O–H groups in total. The molecule has 0 aliphatic carbocycles. The van der Waals surface area contributed by atoms with Gasteiger partial charge in [0.15, 0.2) is 0 Å². The Labute approximate surface area is 54.0 Å². The minimum absolute atomic E-state index is 1.00. The average molecular weight is 189 g/mol. The van der Waals surface area contributed by atoms with Gasteiger partial charge in [-0.15, -0.1) is 0 Å². The molecule has 5 heteroatoms. The number of hydrogen-bond donors (Lipinski definition) is 1.